The first-order chi connectivity index (χ1) is 7.27. The van der Waals surface area contributed by atoms with Crippen molar-refractivity contribution in [1.82, 2.24) is 19.1 Å². The molecule has 0 unspecified atom stereocenters. The Morgan fingerprint density at radius 1 is 0.933 bits per heavy atom. The first-order valence-electron chi connectivity index (χ1n) is 5.20. The highest BCUT2D eigenvalue weighted by atomic mass is 15.0. The number of hydrogen-bond donors (Lipinski definition) is 0. The standard InChI is InChI=1S/C11H16N4/c1-14-8-6-12-10(14)4-3-5-11-13-7-9-15(11)2/h6-9H,3-5H2,1-2H3. The maximum atomic E-state index is 4.29. The number of aryl methyl sites for hydroxylation is 4. The van der Waals surface area contributed by atoms with Crippen molar-refractivity contribution in [2.75, 3.05) is 0 Å². The smallest absolute Gasteiger partial charge is 0.108 e. The van der Waals surface area contributed by atoms with Crippen LogP contribution in [0.15, 0.2) is 24.8 Å². The molecule has 2 aromatic rings. The molecule has 0 aliphatic carbocycles. The predicted molar refractivity (Wildman–Crippen MR) is 58.4 cm³/mol. The zero-order valence-electron chi connectivity index (χ0n) is 9.22. The molecule has 0 fully saturated rings. The van der Waals surface area contributed by atoms with Crippen molar-refractivity contribution in [3.05, 3.63) is 36.4 Å². The summed E-state index contributed by atoms with van der Waals surface area (Å²) in [6, 6.07) is 0. The largest absolute Gasteiger partial charge is 0.338 e. The first-order valence-corrected chi connectivity index (χ1v) is 5.20. The van der Waals surface area contributed by atoms with Gasteiger partial charge in [0.05, 0.1) is 0 Å². The van der Waals surface area contributed by atoms with Gasteiger partial charge in [-0.2, -0.15) is 0 Å². The molecule has 2 rings (SSSR count). The third-order valence-electron chi connectivity index (χ3n) is 2.64. The van der Waals surface area contributed by atoms with E-state index in [-0.39, 0.29) is 0 Å². The van der Waals surface area contributed by atoms with Crippen LogP contribution in [0.25, 0.3) is 0 Å². The molecule has 0 amide bonds. The van der Waals surface area contributed by atoms with Crippen molar-refractivity contribution >= 4 is 0 Å². The average Bonchev–Trinajstić information content (AvgIpc) is 2.78. The molecule has 80 valence electrons. The second-order valence-corrected chi connectivity index (χ2v) is 3.76. The van der Waals surface area contributed by atoms with Crippen LogP contribution >= 0.6 is 0 Å². The Hall–Kier alpha value is -1.58. The Balaban J connectivity index is 1.86. The number of hydrogen-bond acceptors (Lipinski definition) is 2. The van der Waals surface area contributed by atoms with Crippen LogP contribution in [0.2, 0.25) is 0 Å². The van der Waals surface area contributed by atoms with E-state index in [0.29, 0.717) is 0 Å². The van der Waals surface area contributed by atoms with Crippen molar-refractivity contribution < 1.29 is 0 Å². The molecule has 0 bridgehead atoms. The Morgan fingerprint density at radius 3 is 1.73 bits per heavy atom. The summed E-state index contributed by atoms with van der Waals surface area (Å²) in [5, 5.41) is 0. The highest BCUT2D eigenvalue weighted by Gasteiger charge is 2.02. The Morgan fingerprint density at radius 2 is 1.40 bits per heavy atom. The van der Waals surface area contributed by atoms with Crippen LogP contribution in [0.3, 0.4) is 0 Å². The van der Waals surface area contributed by atoms with Gasteiger partial charge >= 0.3 is 0 Å². The Labute approximate surface area is 89.6 Å². The Kier molecular flexibility index (Phi) is 2.85. The molecule has 0 saturated carbocycles. The fraction of sp³-hybridized carbons (Fsp3) is 0.455. The van der Waals surface area contributed by atoms with E-state index in [1.54, 1.807) is 0 Å². The van der Waals surface area contributed by atoms with E-state index in [1.807, 2.05) is 38.9 Å². The highest BCUT2D eigenvalue weighted by molar-refractivity contribution is 4.94. The molecular formula is C11H16N4. The summed E-state index contributed by atoms with van der Waals surface area (Å²) in [5.74, 6) is 2.29. The van der Waals surface area contributed by atoms with Gasteiger partial charge in [-0.1, -0.05) is 0 Å². The molecule has 2 heterocycles. The second-order valence-electron chi connectivity index (χ2n) is 3.76. The van der Waals surface area contributed by atoms with Crippen molar-refractivity contribution in [3.8, 4) is 0 Å². The molecule has 2 aromatic heterocycles. The summed E-state index contributed by atoms with van der Waals surface area (Å²) in [6.45, 7) is 0. The summed E-state index contributed by atoms with van der Waals surface area (Å²) in [6.07, 6.45) is 10.8. The third-order valence-corrected chi connectivity index (χ3v) is 2.64. The molecule has 4 heteroatoms. The maximum Gasteiger partial charge on any atom is 0.108 e. The number of aromatic nitrogens is 4. The lowest BCUT2D eigenvalue weighted by molar-refractivity contribution is 0.683. The van der Waals surface area contributed by atoms with Gasteiger partial charge in [0.2, 0.25) is 0 Å². The third kappa shape index (κ3) is 2.26. The normalized spacial score (nSPS) is 10.8. The van der Waals surface area contributed by atoms with E-state index in [4.69, 9.17) is 0 Å². The lowest BCUT2D eigenvalue weighted by atomic mass is 10.2. The molecule has 4 nitrogen and oxygen atoms in total. The number of nitrogens with zero attached hydrogens (tertiary/aromatic N) is 4. The molecule has 0 radical (unpaired) electrons. The van der Waals surface area contributed by atoms with E-state index in [0.717, 1.165) is 30.9 Å². The minimum Gasteiger partial charge on any atom is -0.338 e. The fourth-order valence-electron chi connectivity index (χ4n) is 1.68. The summed E-state index contributed by atoms with van der Waals surface area (Å²) >= 11 is 0. The van der Waals surface area contributed by atoms with Crippen LogP contribution in [0.4, 0.5) is 0 Å². The summed E-state index contributed by atoms with van der Waals surface area (Å²) < 4.78 is 4.14. The van der Waals surface area contributed by atoms with Gasteiger partial charge < -0.3 is 9.13 Å². The maximum absolute atomic E-state index is 4.29. The second kappa shape index (κ2) is 4.29. The molecule has 0 aromatic carbocycles. The topological polar surface area (TPSA) is 35.6 Å². The van der Waals surface area contributed by atoms with Crippen molar-refractivity contribution in [2.24, 2.45) is 14.1 Å². The molecule has 0 N–H and O–H groups in total. The minimum atomic E-state index is 1.01. The lowest BCUT2D eigenvalue weighted by Gasteiger charge is -2.02. The average molecular weight is 204 g/mol. The monoisotopic (exact) mass is 204 g/mol. The van der Waals surface area contributed by atoms with E-state index in [9.17, 15) is 0 Å². The minimum absolute atomic E-state index is 1.01. The molecule has 0 aliphatic rings. The number of rotatable bonds is 4. The highest BCUT2D eigenvalue weighted by Crippen LogP contribution is 2.04. The van der Waals surface area contributed by atoms with Gasteiger partial charge in [0.15, 0.2) is 0 Å². The SMILES string of the molecule is Cn1ccnc1CCCc1nccn1C. The summed E-state index contributed by atoms with van der Waals surface area (Å²) in [5.41, 5.74) is 0. The van der Waals surface area contributed by atoms with Crippen LogP contribution in [0.5, 0.6) is 0 Å². The molecule has 0 saturated heterocycles. The van der Waals surface area contributed by atoms with E-state index < -0.39 is 0 Å². The molecule has 0 atom stereocenters. The van der Waals surface area contributed by atoms with Crippen LogP contribution in [0, 0.1) is 0 Å². The van der Waals surface area contributed by atoms with Crippen molar-refractivity contribution in [2.45, 2.75) is 19.3 Å². The van der Waals surface area contributed by atoms with Gasteiger partial charge in [-0.15, -0.1) is 0 Å². The van der Waals surface area contributed by atoms with Crippen LogP contribution in [-0.4, -0.2) is 19.1 Å². The summed E-state index contributed by atoms with van der Waals surface area (Å²) in [4.78, 5) is 8.59. The first kappa shape index (κ1) is 9.96. The molecule has 15 heavy (non-hydrogen) atoms. The van der Waals surface area contributed by atoms with E-state index >= 15 is 0 Å². The molecule has 0 aliphatic heterocycles. The van der Waals surface area contributed by atoms with Gasteiger partial charge in [-0.25, -0.2) is 9.97 Å². The number of imidazole rings is 2. The lowest BCUT2D eigenvalue weighted by Crippen LogP contribution is -2.01. The summed E-state index contributed by atoms with van der Waals surface area (Å²) in [7, 11) is 4.06. The molecule has 0 spiro atoms. The Bertz CT molecular complexity index is 387. The zero-order valence-corrected chi connectivity index (χ0v) is 9.22. The van der Waals surface area contributed by atoms with Gasteiger partial charge in [0.1, 0.15) is 11.6 Å². The van der Waals surface area contributed by atoms with Crippen LogP contribution in [0.1, 0.15) is 18.1 Å². The van der Waals surface area contributed by atoms with Crippen molar-refractivity contribution in [1.29, 1.82) is 0 Å². The quantitative estimate of drug-likeness (QED) is 0.753. The fourth-order valence-corrected chi connectivity index (χ4v) is 1.68. The van der Waals surface area contributed by atoms with E-state index in [2.05, 4.69) is 19.1 Å². The van der Waals surface area contributed by atoms with Gasteiger partial charge in [-0.05, 0) is 6.42 Å². The van der Waals surface area contributed by atoms with Gasteiger partial charge in [-0.3, -0.25) is 0 Å². The van der Waals surface area contributed by atoms with Gasteiger partial charge in [0, 0.05) is 51.7 Å². The van der Waals surface area contributed by atoms with Crippen LogP contribution in [-0.2, 0) is 26.9 Å². The van der Waals surface area contributed by atoms with Gasteiger partial charge in [0.25, 0.3) is 0 Å². The predicted octanol–water partition coefficient (Wildman–Crippen LogP) is 1.33. The molecular weight excluding hydrogens is 188 g/mol. The zero-order chi connectivity index (χ0) is 10.7. The van der Waals surface area contributed by atoms with Crippen LogP contribution < -0.4 is 0 Å². The van der Waals surface area contributed by atoms with E-state index in [1.165, 1.54) is 0 Å². The van der Waals surface area contributed by atoms with Crippen molar-refractivity contribution in [3.63, 3.8) is 0 Å².